The van der Waals surface area contributed by atoms with Crippen LogP contribution in [0.5, 0.6) is 0 Å². The molecule has 0 aliphatic carbocycles. The number of nitrogens with one attached hydrogen (secondary N) is 1. The van der Waals surface area contributed by atoms with Crippen LogP contribution in [0.25, 0.3) is 0 Å². The van der Waals surface area contributed by atoms with Gasteiger partial charge in [-0.3, -0.25) is 4.79 Å². The number of carboxylic acids is 1. The van der Waals surface area contributed by atoms with Gasteiger partial charge in [0.2, 0.25) is 0 Å². The molecule has 2 amide bonds. The number of rotatable bonds is 5. The van der Waals surface area contributed by atoms with E-state index in [9.17, 15) is 14.7 Å². The van der Waals surface area contributed by atoms with Crippen LogP contribution in [-0.2, 0) is 11.3 Å². The van der Waals surface area contributed by atoms with Gasteiger partial charge >= 0.3 is 12.0 Å². The summed E-state index contributed by atoms with van der Waals surface area (Å²) in [6.45, 7) is 3.14. The molecule has 1 aromatic heterocycles. The van der Waals surface area contributed by atoms with Crippen molar-refractivity contribution in [3.05, 3.63) is 18.2 Å². The highest BCUT2D eigenvalue weighted by Crippen LogP contribution is 2.35. The summed E-state index contributed by atoms with van der Waals surface area (Å²) in [7, 11) is 1.70. The van der Waals surface area contributed by atoms with Crippen molar-refractivity contribution in [3.63, 3.8) is 0 Å². The zero-order valence-electron chi connectivity index (χ0n) is 12.5. The van der Waals surface area contributed by atoms with Gasteiger partial charge < -0.3 is 19.9 Å². The van der Waals surface area contributed by atoms with E-state index in [2.05, 4.69) is 9.97 Å². The molecule has 2 heterocycles. The second kappa shape index (κ2) is 6.15. The van der Waals surface area contributed by atoms with Crippen molar-refractivity contribution in [2.45, 2.75) is 32.7 Å². The van der Waals surface area contributed by atoms with Crippen LogP contribution in [0, 0.1) is 5.41 Å². The van der Waals surface area contributed by atoms with E-state index in [0.717, 1.165) is 6.42 Å². The van der Waals surface area contributed by atoms with Crippen molar-refractivity contribution in [1.29, 1.82) is 0 Å². The number of carbonyl (C=O) groups excluding carboxylic acids is 1. The first kappa shape index (κ1) is 15.3. The van der Waals surface area contributed by atoms with Crippen molar-refractivity contribution in [2.75, 3.05) is 20.1 Å². The minimum Gasteiger partial charge on any atom is -0.481 e. The number of nitrogens with zero attached hydrogens (tertiary/aromatic N) is 3. The fraction of sp³-hybridized carbons (Fsp3) is 0.643. The topological polar surface area (TPSA) is 89.5 Å². The number of aromatic nitrogens is 2. The van der Waals surface area contributed by atoms with Gasteiger partial charge in [0.15, 0.2) is 0 Å². The Morgan fingerprint density at radius 2 is 2.33 bits per heavy atom. The van der Waals surface area contributed by atoms with Crippen LogP contribution >= 0.6 is 0 Å². The fourth-order valence-corrected chi connectivity index (χ4v) is 2.92. The number of aromatic amines is 1. The summed E-state index contributed by atoms with van der Waals surface area (Å²) < 4.78 is 0. The highest BCUT2D eigenvalue weighted by molar-refractivity contribution is 5.79. The average molecular weight is 294 g/mol. The lowest BCUT2D eigenvalue weighted by Gasteiger charge is -2.27. The Morgan fingerprint density at radius 3 is 2.90 bits per heavy atom. The van der Waals surface area contributed by atoms with E-state index in [4.69, 9.17) is 0 Å². The Kier molecular flexibility index (Phi) is 4.50. The van der Waals surface area contributed by atoms with E-state index >= 15 is 0 Å². The summed E-state index contributed by atoms with van der Waals surface area (Å²) in [6, 6.07) is -0.148. The third-order valence-corrected chi connectivity index (χ3v) is 4.07. The molecule has 1 saturated heterocycles. The van der Waals surface area contributed by atoms with Gasteiger partial charge in [-0.15, -0.1) is 0 Å². The van der Waals surface area contributed by atoms with Crippen molar-refractivity contribution in [2.24, 2.45) is 5.41 Å². The number of hydrogen-bond acceptors (Lipinski definition) is 3. The average Bonchev–Trinajstić information content (AvgIpc) is 3.08. The Hall–Kier alpha value is -2.05. The predicted octanol–water partition coefficient (Wildman–Crippen LogP) is 1.54. The number of likely N-dealkylation sites (tertiary alicyclic amines) is 1. The van der Waals surface area contributed by atoms with Crippen LogP contribution in [0.4, 0.5) is 4.79 Å². The van der Waals surface area contributed by atoms with Gasteiger partial charge in [-0.25, -0.2) is 9.78 Å². The minimum atomic E-state index is -0.798. The van der Waals surface area contributed by atoms with Crippen LogP contribution in [0.1, 0.15) is 32.0 Å². The Labute approximate surface area is 124 Å². The highest BCUT2D eigenvalue weighted by atomic mass is 16.4. The van der Waals surface area contributed by atoms with Crippen molar-refractivity contribution >= 4 is 12.0 Å². The maximum absolute atomic E-state index is 12.4. The van der Waals surface area contributed by atoms with Crippen LogP contribution in [-0.4, -0.2) is 57.0 Å². The first-order valence-corrected chi connectivity index (χ1v) is 7.20. The van der Waals surface area contributed by atoms with E-state index in [0.29, 0.717) is 31.8 Å². The number of carbonyl (C=O) groups is 2. The van der Waals surface area contributed by atoms with Crippen LogP contribution in [0.3, 0.4) is 0 Å². The van der Waals surface area contributed by atoms with Gasteiger partial charge in [0.05, 0.1) is 12.0 Å². The molecule has 1 aliphatic heterocycles. The molecule has 0 spiro atoms. The second-order valence-electron chi connectivity index (χ2n) is 5.68. The number of imidazole rings is 1. The van der Waals surface area contributed by atoms with Gasteiger partial charge in [-0.1, -0.05) is 13.3 Å². The normalized spacial score (nSPS) is 21.5. The summed E-state index contributed by atoms with van der Waals surface area (Å²) >= 11 is 0. The summed E-state index contributed by atoms with van der Waals surface area (Å²) in [6.07, 6.45) is 5.28. The van der Waals surface area contributed by atoms with Crippen molar-refractivity contribution < 1.29 is 14.7 Å². The standard InChI is InChI=1S/C14H22N4O3/c1-3-4-14(12(19)20)5-8-18(10-14)13(21)17(2)9-11-15-6-7-16-11/h6-7H,3-5,8-10H2,1-2H3,(H,15,16)(H,19,20). The molecule has 0 aromatic carbocycles. The maximum Gasteiger partial charge on any atom is 0.320 e. The van der Waals surface area contributed by atoms with Crippen LogP contribution in [0.2, 0.25) is 0 Å². The van der Waals surface area contributed by atoms with E-state index in [1.165, 1.54) is 0 Å². The molecule has 21 heavy (non-hydrogen) atoms. The van der Waals surface area contributed by atoms with Crippen LogP contribution < -0.4 is 0 Å². The minimum absolute atomic E-state index is 0.148. The molecule has 7 heteroatoms. The van der Waals surface area contributed by atoms with Gasteiger partial charge in [-0.05, 0) is 12.8 Å². The molecular weight excluding hydrogens is 272 g/mol. The van der Waals surface area contributed by atoms with Gasteiger partial charge in [0.1, 0.15) is 5.82 Å². The molecule has 7 nitrogen and oxygen atoms in total. The molecule has 0 radical (unpaired) electrons. The van der Waals surface area contributed by atoms with E-state index in [1.807, 2.05) is 6.92 Å². The molecule has 1 fully saturated rings. The molecule has 116 valence electrons. The Balaban J connectivity index is 1.99. The largest absolute Gasteiger partial charge is 0.481 e. The maximum atomic E-state index is 12.4. The van der Waals surface area contributed by atoms with Gasteiger partial charge in [-0.2, -0.15) is 0 Å². The SMILES string of the molecule is CCCC1(C(=O)O)CCN(C(=O)N(C)Cc2ncc[nH]2)C1. The lowest BCUT2D eigenvalue weighted by molar-refractivity contribution is -0.148. The number of aliphatic carboxylic acids is 1. The molecule has 2 rings (SSSR count). The number of H-pyrrole nitrogens is 1. The molecule has 1 aliphatic rings. The summed E-state index contributed by atoms with van der Waals surface area (Å²) in [5, 5.41) is 9.47. The third kappa shape index (κ3) is 3.17. The van der Waals surface area contributed by atoms with Crippen molar-refractivity contribution in [1.82, 2.24) is 19.8 Å². The summed E-state index contributed by atoms with van der Waals surface area (Å²) in [5.74, 6) is -0.0866. The Bertz CT molecular complexity index is 502. The molecule has 0 saturated carbocycles. The molecular formula is C14H22N4O3. The molecule has 1 aromatic rings. The zero-order valence-corrected chi connectivity index (χ0v) is 12.5. The third-order valence-electron chi connectivity index (χ3n) is 4.07. The first-order chi connectivity index (χ1) is 9.98. The monoisotopic (exact) mass is 294 g/mol. The van der Waals surface area contributed by atoms with Crippen LogP contribution in [0.15, 0.2) is 12.4 Å². The number of carboxylic acid groups (broad SMARTS) is 1. The van der Waals surface area contributed by atoms with E-state index < -0.39 is 11.4 Å². The number of amides is 2. The van der Waals surface area contributed by atoms with E-state index in [1.54, 1.807) is 29.2 Å². The quantitative estimate of drug-likeness (QED) is 0.862. The fourth-order valence-electron chi connectivity index (χ4n) is 2.92. The molecule has 2 N–H and O–H groups in total. The molecule has 1 unspecified atom stereocenters. The van der Waals surface area contributed by atoms with Gasteiger partial charge in [0.25, 0.3) is 0 Å². The Morgan fingerprint density at radius 1 is 1.57 bits per heavy atom. The molecule has 1 atom stereocenters. The van der Waals surface area contributed by atoms with Gasteiger partial charge in [0, 0.05) is 32.5 Å². The smallest absolute Gasteiger partial charge is 0.320 e. The summed E-state index contributed by atoms with van der Waals surface area (Å²) in [4.78, 5) is 34.2. The van der Waals surface area contributed by atoms with E-state index in [-0.39, 0.29) is 12.6 Å². The number of hydrogen-bond donors (Lipinski definition) is 2. The zero-order chi connectivity index (χ0) is 15.5. The lowest BCUT2D eigenvalue weighted by atomic mass is 9.83. The lowest BCUT2D eigenvalue weighted by Crippen LogP contribution is -2.42. The number of urea groups is 1. The highest BCUT2D eigenvalue weighted by Gasteiger charge is 2.45. The second-order valence-corrected chi connectivity index (χ2v) is 5.68. The summed E-state index contributed by atoms with van der Waals surface area (Å²) in [5.41, 5.74) is -0.782. The predicted molar refractivity (Wildman–Crippen MR) is 76.6 cm³/mol. The first-order valence-electron chi connectivity index (χ1n) is 7.20. The molecule has 0 bridgehead atoms. The van der Waals surface area contributed by atoms with Crippen molar-refractivity contribution in [3.8, 4) is 0 Å².